The second-order valence-electron chi connectivity index (χ2n) is 5.09. The Morgan fingerprint density at radius 2 is 1.80 bits per heavy atom. The fourth-order valence-corrected chi connectivity index (χ4v) is 2.42. The summed E-state index contributed by atoms with van der Waals surface area (Å²) in [5.41, 5.74) is 0.0190. The number of carbonyl (C=O) groups is 1. The molecule has 0 fully saturated rings. The Morgan fingerprint density at radius 3 is 2.55 bits per heavy atom. The molecule has 0 saturated carbocycles. The molecule has 2 rings (SSSR count). The van der Waals surface area contributed by atoms with Gasteiger partial charge < -0.3 is 0 Å². The molecule has 0 atom stereocenters. The molecule has 0 saturated heterocycles. The van der Waals surface area contributed by atoms with E-state index in [0.29, 0.717) is 12.0 Å². The van der Waals surface area contributed by atoms with Gasteiger partial charge in [0.15, 0.2) is 5.78 Å². The van der Waals surface area contributed by atoms with E-state index in [1.54, 1.807) is 0 Å². The van der Waals surface area contributed by atoms with Crippen LogP contribution < -0.4 is 0 Å². The van der Waals surface area contributed by atoms with Crippen LogP contribution in [-0.4, -0.2) is 5.78 Å². The van der Waals surface area contributed by atoms with E-state index >= 15 is 0 Å². The summed E-state index contributed by atoms with van der Waals surface area (Å²) in [6, 6.07) is 4.68. The number of carbonyl (C=O) groups excluding carboxylic acids is 1. The zero-order valence-electron chi connectivity index (χ0n) is 11.2. The second kappa shape index (κ2) is 6.25. The molecule has 1 aromatic carbocycles. The summed E-state index contributed by atoms with van der Waals surface area (Å²) in [4.78, 5) is 12.3. The van der Waals surface area contributed by atoms with Crippen molar-refractivity contribution in [2.75, 3.05) is 0 Å². The lowest BCUT2D eigenvalue weighted by molar-refractivity contribution is -0.137. The highest BCUT2D eigenvalue weighted by atomic mass is 19.4. The predicted octanol–water partition coefficient (Wildman–Crippen LogP) is 5.17. The van der Waals surface area contributed by atoms with Gasteiger partial charge in [0.25, 0.3) is 0 Å². The maximum atomic E-state index is 12.7. The van der Waals surface area contributed by atoms with Crippen molar-refractivity contribution >= 4 is 5.78 Å². The van der Waals surface area contributed by atoms with E-state index < -0.39 is 11.7 Å². The van der Waals surface area contributed by atoms with Crippen molar-refractivity contribution in [1.29, 1.82) is 0 Å². The normalized spacial score (nSPS) is 19.6. The SMILES string of the molecule is O=C(/C1=C/CCCCCC1)c1cccc(C(F)(F)F)c1. The summed E-state index contributed by atoms with van der Waals surface area (Å²) in [6.45, 7) is 0. The minimum Gasteiger partial charge on any atom is -0.289 e. The van der Waals surface area contributed by atoms with Crippen molar-refractivity contribution in [1.82, 2.24) is 0 Å². The Labute approximate surface area is 116 Å². The number of alkyl halides is 3. The molecular weight excluding hydrogens is 265 g/mol. The largest absolute Gasteiger partial charge is 0.416 e. The van der Waals surface area contributed by atoms with Crippen molar-refractivity contribution in [2.24, 2.45) is 0 Å². The number of allylic oxidation sites excluding steroid dienone is 2. The molecular formula is C16H17F3O. The van der Waals surface area contributed by atoms with Crippen molar-refractivity contribution in [3.05, 3.63) is 47.0 Å². The molecule has 1 nitrogen and oxygen atoms in total. The van der Waals surface area contributed by atoms with Crippen LogP contribution in [0, 0.1) is 0 Å². The highest BCUT2D eigenvalue weighted by Crippen LogP contribution is 2.30. The highest BCUT2D eigenvalue weighted by molar-refractivity contribution is 6.08. The molecule has 108 valence electrons. The van der Waals surface area contributed by atoms with Gasteiger partial charge in [-0.15, -0.1) is 0 Å². The van der Waals surface area contributed by atoms with Gasteiger partial charge in [0, 0.05) is 5.56 Å². The van der Waals surface area contributed by atoms with Crippen molar-refractivity contribution < 1.29 is 18.0 Å². The van der Waals surface area contributed by atoms with Crippen molar-refractivity contribution in [3.63, 3.8) is 0 Å². The van der Waals surface area contributed by atoms with E-state index in [0.717, 1.165) is 44.2 Å². The third-order valence-electron chi connectivity index (χ3n) is 3.53. The van der Waals surface area contributed by atoms with Crippen LogP contribution in [0.15, 0.2) is 35.9 Å². The molecule has 0 heterocycles. The lowest BCUT2D eigenvalue weighted by atomic mass is 9.93. The molecule has 0 radical (unpaired) electrons. The smallest absolute Gasteiger partial charge is 0.289 e. The van der Waals surface area contributed by atoms with Crippen molar-refractivity contribution in [2.45, 2.75) is 44.7 Å². The summed E-state index contributed by atoms with van der Waals surface area (Å²) in [6.07, 6.45) is 3.17. The minimum absolute atomic E-state index is 0.131. The Kier molecular flexibility index (Phi) is 4.63. The molecule has 1 aliphatic rings. The quantitative estimate of drug-likeness (QED) is 0.684. The molecule has 1 aliphatic carbocycles. The lowest BCUT2D eigenvalue weighted by Crippen LogP contribution is -2.09. The molecule has 0 aliphatic heterocycles. The average Bonchev–Trinajstić information content (AvgIpc) is 2.37. The van der Waals surface area contributed by atoms with Crippen LogP contribution in [0.2, 0.25) is 0 Å². The van der Waals surface area contributed by atoms with Gasteiger partial charge in [-0.25, -0.2) is 0 Å². The van der Waals surface area contributed by atoms with E-state index in [9.17, 15) is 18.0 Å². The van der Waals surface area contributed by atoms with Crippen LogP contribution in [0.5, 0.6) is 0 Å². The molecule has 0 bridgehead atoms. The first kappa shape index (κ1) is 14.8. The van der Waals surface area contributed by atoms with E-state index in [1.807, 2.05) is 6.08 Å². The van der Waals surface area contributed by atoms with Gasteiger partial charge in [-0.3, -0.25) is 4.79 Å². The first-order valence-electron chi connectivity index (χ1n) is 6.89. The Hall–Kier alpha value is -1.58. The summed E-state index contributed by atoms with van der Waals surface area (Å²) >= 11 is 0. The monoisotopic (exact) mass is 282 g/mol. The van der Waals surface area contributed by atoms with Gasteiger partial charge in [0.2, 0.25) is 0 Å². The molecule has 0 N–H and O–H groups in total. The molecule has 4 heteroatoms. The van der Waals surface area contributed by atoms with Crippen LogP contribution in [0.4, 0.5) is 13.2 Å². The highest BCUT2D eigenvalue weighted by Gasteiger charge is 2.31. The standard InChI is InChI=1S/C16H17F3O/c17-16(18,19)14-10-6-9-13(11-14)15(20)12-7-4-2-1-3-5-8-12/h6-7,9-11H,1-5,8H2/b12-7+. The first-order chi connectivity index (χ1) is 9.48. The van der Waals surface area contributed by atoms with E-state index in [1.165, 1.54) is 12.1 Å². The third-order valence-corrected chi connectivity index (χ3v) is 3.53. The number of hydrogen-bond acceptors (Lipinski definition) is 1. The predicted molar refractivity (Wildman–Crippen MR) is 71.6 cm³/mol. The number of ketones is 1. The summed E-state index contributed by atoms with van der Waals surface area (Å²) in [5.74, 6) is -0.266. The van der Waals surface area contributed by atoms with E-state index in [2.05, 4.69) is 0 Å². The Balaban J connectivity index is 2.24. The fraction of sp³-hybridized carbons (Fsp3) is 0.438. The number of rotatable bonds is 2. The fourth-order valence-electron chi connectivity index (χ4n) is 2.42. The van der Waals surface area contributed by atoms with Crippen LogP contribution in [-0.2, 0) is 6.18 Å². The van der Waals surface area contributed by atoms with E-state index in [4.69, 9.17) is 0 Å². The number of Topliss-reactive ketones (excluding diaryl/α,β-unsaturated/α-hetero) is 1. The zero-order valence-corrected chi connectivity index (χ0v) is 11.2. The molecule has 0 unspecified atom stereocenters. The van der Waals surface area contributed by atoms with Crippen LogP contribution in [0.1, 0.15) is 54.4 Å². The van der Waals surface area contributed by atoms with Gasteiger partial charge in [0.05, 0.1) is 5.56 Å². The topological polar surface area (TPSA) is 17.1 Å². The second-order valence-corrected chi connectivity index (χ2v) is 5.09. The minimum atomic E-state index is -4.41. The first-order valence-corrected chi connectivity index (χ1v) is 6.89. The van der Waals surface area contributed by atoms with Crippen molar-refractivity contribution in [3.8, 4) is 0 Å². The number of halogens is 3. The van der Waals surface area contributed by atoms with Gasteiger partial charge >= 0.3 is 6.18 Å². The van der Waals surface area contributed by atoms with Crippen LogP contribution in [0.25, 0.3) is 0 Å². The van der Waals surface area contributed by atoms with Gasteiger partial charge in [-0.1, -0.05) is 31.1 Å². The average molecular weight is 282 g/mol. The summed E-state index contributed by atoms with van der Waals surface area (Å²) in [7, 11) is 0. The maximum absolute atomic E-state index is 12.7. The van der Waals surface area contributed by atoms with Crippen LogP contribution in [0.3, 0.4) is 0 Å². The van der Waals surface area contributed by atoms with Gasteiger partial charge in [-0.2, -0.15) is 13.2 Å². The zero-order chi connectivity index (χ0) is 14.6. The van der Waals surface area contributed by atoms with E-state index in [-0.39, 0.29) is 11.3 Å². The Bertz CT molecular complexity index is 515. The molecule has 0 spiro atoms. The molecule has 20 heavy (non-hydrogen) atoms. The molecule has 0 amide bonds. The summed E-state index contributed by atoms with van der Waals surface area (Å²) < 4.78 is 38.0. The van der Waals surface area contributed by atoms with Crippen LogP contribution >= 0.6 is 0 Å². The number of benzene rings is 1. The summed E-state index contributed by atoms with van der Waals surface area (Å²) in [5, 5.41) is 0. The molecule has 0 aromatic heterocycles. The Morgan fingerprint density at radius 1 is 1.05 bits per heavy atom. The number of hydrogen-bond donors (Lipinski definition) is 0. The van der Waals surface area contributed by atoms with Gasteiger partial charge in [-0.05, 0) is 43.4 Å². The van der Waals surface area contributed by atoms with Gasteiger partial charge in [0.1, 0.15) is 0 Å². The maximum Gasteiger partial charge on any atom is 0.416 e. The molecule has 1 aromatic rings. The third kappa shape index (κ3) is 3.71. The lowest BCUT2D eigenvalue weighted by Gasteiger charge is -2.12.